The van der Waals surface area contributed by atoms with Crippen LogP contribution in [0.2, 0.25) is 0 Å². The monoisotopic (exact) mass is 243 g/mol. The van der Waals surface area contributed by atoms with E-state index >= 15 is 0 Å². The lowest BCUT2D eigenvalue weighted by atomic mass is 10.0. The number of halogens is 1. The molecular formula is C9H10BrNO2. The molecule has 70 valence electrons. The predicted octanol–water partition coefficient (Wildman–Crippen LogP) is 2.11. The van der Waals surface area contributed by atoms with Crippen LogP contribution in [-0.4, -0.2) is 16.1 Å². The molecule has 1 heterocycles. The Morgan fingerprint density at radius 2 is 2.46 bits per heavy atom. The molecule has 13 heavy (non-hydrogen) atoms. The van der Waals surface area contributed by atoms with Gasteiger partial charge in [-0.25, -0.2) is 4.98 Å². The van der Waals surface area contributed by atoms with Crippen LogP contribution in [0.3, 0.4) is 0 Å². The average Bonchev–Trinajstić information content (AvgIpc) is 2.08. The van der Waals surface area contributed by atoms with Crippen LogP contribution in [0, 0.1) is 5.92 Å². The van der Waals surface area contributed by atoms with E-state index in [1.54, 1.807) is 19.2 Å². The van der Waals surface area contributed by atoms with Crippen LogP contribution in [0.4, 0.5) is 0 Å². The zero-order valence-corrected chi connectivity index (χ0v) is 8.78. The molecule has 0 aliphatic rings. The number of hydrogen-bond acceptors (Lipinski definition) is 2. The van der Waals surface area contributed by atoms with Crippen molar-refractivity contribution < 1.29 is 9.90 Å². The summed E-state index contributed by atoms with van der Waals surface area (Å²) in [5, 5.41) is 8.70. The molecule has 0 bridgehead atoms. The molecule has 0 aliphatic carbocycles. The topological polar surface area (TPSA) is 50.2 Å². The van der Waals surface area contributed by atoms with Gasteiger partial charge in [0.05, 0.1) is 5.92 Å². The first-order valence-electron chi connectivity index (χ1n) is 3.93. The number of rotatable bonds is 3. The van der Waals surface area contributed by atoms with Gasteiger partial charge in [-0.3, -0.25) is 4.79 Å². The zero-order valence-electron chi connectivity index (χ0n) is 7.20. The summed E-state index contributed by atoms with van der Waals surface area (Å²) in [6, 6.07) is 3.67. The Bertz CT molecular complexity index is 314. The fourth-order valence-corrected chi connectivity index (χ4v) is 1.40. The lowest BCUT2D eigenvalue weighted by molar-refractivity contribution is -0.141. The number of carboxylic acids is 1. The summed E-state index contributed by atoms with van der Waals surface area (Å²) in [5.41, 5.74) is 0.928. The third-order valence-corrected chi connectivity index (χ3v) is 2.50. The second-order valence-electron chi connectivity index (χ2n) is 2.90. The first-order valence-corrected chi connectivity index (χ1v) is 4.72. The summed E-state index contributed by atoms with van der Waals surface area (Å²) >= 11 is 3.27. The van der Waals surface area contributed by atoms with Gasteiger partial charge in [0.1, 0.15) is 4.60 Å². The highest BCUT2D eigenvalue weighted by Gasteiger charge is 2.13. The maximum Gasteiger partial charge on any atom is 0.306 e. The SMILES string of the molecule is CC(Cc1cccnc1Br)C(=O)O. The molecule has 3 nitrogen and oxygen atoms in total. The van der Waals surface area contributed by atoms with Gasteiger partial charge in [-0.05, 0) is 34.0 Å². The lowest BCUT2D eigenvalue weighted by Gasteiger charge is -2.06. The Morgan fingerprint density at radius 3 is 3.00 bits per heavy atom. The molecule has 1 unspecified atom stereocenters. The summed E-state index contributed by atoms with van der Waals surface area (Å²) in [7, 11) is 0. The highest BCUT2D eigenvalue weighted by atomic mass is 79.9. The van der Waals surface area contributed by atoms with E-state index in [1.165, 1.54) is 0 Å². The smallest absolute Gasteiger partial charge is 0.306 e. The molecule has 1 aromatic heterocycles. The van der Waals surface area contributed by atoms with Crippen LogP contribution >= 0.6 is 15.9 Å². The Balaban J connectivity index is 2.74. The minimum Gasteiger partial charge on any atom is -0.481 e. The van der Waals surface area contributed by atoms with Gasteiger partial charge in [-0.1, -0.05) is 13.0 Å². The Kier molecular flexibility index (Phi) is 3.42. The molecule has 0 radical (unpaired) electrons. The van der Waals surface area contributed by atoms with Crippen LogP contribution in [0.25, 0.3) is 0 Å². The largest absolute Gasteiger partial charge is 0.481 e. The standard InChI is InChI=1S/C9H10BrNO2/c1-6(9(12)13)5-7-3-2-4-11-8(7)10/h2-4,6H,5H2,1H3,(H,12,13). The van der Waals surface area contributed by atoms with Gasteiger partial charge in [0.25, 0.3) is 0 Å². The number of carboxylic acid groups (broad SMARTS) is 1. The van der Waals surface area contributed by atoms with E-state index in [-0.39, 0.29) is 5.92 Å². The number of pyridine rings is 1. The molecule has 4 heteroatoms. The molecule has 0 aliphatic heterocycles. The van der Waals surface area contributed by atoms with Gasteiger partial charge in [0, 0.05) is 6.20 Å². The third-order valence-electron chi connectivity index (χ3n) is 1.78. The van der Waals surface area contributed by atoms with Crippen LogP contribution in [0.5, 0.6) is 0 Å². The normalized spacial score (nSPS) is 12.5. The van der Waals surface area contributed by atoms with Gasteiger partial charge in [-0.15, -0.1) is 0 Å². The van der Waals surface area contributed by atoms with E-state index in [0.29, 0.717) is 6.42 Å². The van der Waals surface area contributed by atoms with E-state index in [1.807, 2.05) is 6.07 Å². The average molecular weight is 244 g/mol. The molecule has 1 aromatic rings. The second-order valence-corrected chi connectivity index (χ2v) is 3.65. The molecule has 0 amide bonds. The fraction of sp³-hybridized carbons (Fsp3) is 0.333. The number of aliphatic carboxylic acids is 1. The molecule has 0 saturated carbocycles. The molecule has 0 fully saturated rings. The Morgan fingerprint density at radius 1 is 1.77 bits per heavy atom. The number of nitrogens with zero attached hydrogens (tertiary/aromatic N) is 1. The van der Waals surface area contributed by atoms with Crippen LogP contribution in [0.1, 0.15) is 12.5 Å². The van der Waals surface area contributed by atoms with Crippen LogP contribution < -0.4 is 0 Å². The van der Waals surface area contributed by atoms with E-state index in [2.05, 4.69) is 20.9 Å². The van der Waals surface area contributed by atoms with Gasteiger partial charge in [0.2, 0.25) is 0 Å². The number of hydrogen-bond donors (Lipinski definition) is 1. The Hall–Kier alpha value is -0.900. The summed E-state index contributed by atoms with van der Waals surface area (Å²) in [6.45, 7) is 1.68. The maximum atomic E-state index is 10.6. The quantitative estimate of drug-likeness (QED) is 0.828. The van der Waals surface area contributed by atoms with Crippen molar-refractivity contribution in [2.75, 3.05) is 0 Å². The highest BCUT2D eigenvalue weighted by molar-refractivity contribution is 9.10. The van der Waals surface area contributed by atoms with Crippen molar-refractivity contribution in [1.82, 2.24) is 4.98 Å². The molecular weight excluding hydrogens is 234 g/mol. The minimum absolute atomic E-state index is 0.375. The van der Waals surface area contributed by atoms with E-state index in [4.69, 9.17) is 5.11 Å². The first-order chi connectivity index (χ1) is 6.11. The molecule has 1 N–H and O–H groups in total. The molecule has 0 spiro atoms. The van der Waals surface area contributed by atoms with Gasteiger partial charge < -0.3 is 5.11 Å². The van der Waals surface area contributed by atoms with Crippen molar-refractivity contribution in [1.29, 1.82) is 0 Å². The van der Waals surface area contributed by atoms with Crippen molar-refractivity contribution in [3.63, 3.8) is 0 Å². The van der Waals surface area contributed by atoms with E-state index in [9.17, 15) is 4.79 Å². The molecule has 0 aromatic carbocycles. The van der Waals surface area contributed by atoms with Gasteiger partial charge >= 0.3 is 5.97 Å². The molecule has 1 atom stereocenters. The van der Waals surface area contributed by atoms with E-state index < -0.39 is 5.97 Å². The summed E-state index contributed by atoms with van der Waals surface area (Å²) < 4.78 is 0.725. The second kappa shape index (κ2) is 4.37. The van der Waals surface area contributed by atoms with Crippen LogP contribution in [-0.2, 0) is 11.2 Å². The minimum atomic E-state index is -0.782. The Labute approximate surface area is 84.9 Å². The van der Waals surface area contributed by atoms with Crippen molar-refractivity contribution in [2.45, 2.75) is 13.3 Å². The molecule has 1 rings (SSSR count). The lowest BCUT2D eigenvalue weighted by Crippen LogP contribution is -2.12. The van der Waals surface area contributed by atoms with Crippen LogP contribution in [0.15, 0.2) is 22.9 Å². The third kappa shape index (κ3) is 2.81. The fourth-order valence-electron chi connectivity index (χ4n) is 0.989. The number of carbonyl (C=O) groups is 1. The summed E-state index contributed by atoms with van der Waals surface area (Å²) in [4.78, 5) is 14.6. The van der Waals surface area contributed by atoms with Gasteiger partial charge in [0.15, 0.2) is 0 Å². The summed E-state index contributed by atoms with van der Waals surface area (Å²) in [5.74, 6) is -1.16. The highest BCUT2D eigenvalue weighted by Crippen LogP contribution is 2.16. The van der Waals surface area contributed by atoms with Crippen molar-refractivity contribution in [2.24, 2.45) is 5.92 Å². The predicted molar refractivity (Wildman–Crippen MR) is 52.4 cm³/mol. The van der Waals surface area contributed by atoms with Crippen molar-refractivity contribution >= 4 is 21.9 Å². The first kappa shape index (κ1) is 10.2. The molecule has 0 saturated heterocycles. The summed E-state index contributed by atoms with van der Waals surface area (Å²) in [6.07, 6.45) is 2.17. The van der Waals surface area contributed by atoms with Crippen molar-refractivity contribution in [3.05, 3.63) is 28.5 Å². The van der Waals surface area contributed by atoms with E-state index in [0.717, 1.165) is 10.2 Å². The zero-order chi connectivity index (χ0) is 9.84. The van der Waals surface area contributed by atoms with Crippen molar-refractivity contribution in [3.8, 4) is 0 Å². The number of aromatic nitrogens is 1. The maximum absolute atomic E-state index is 10.6. The van der Waals surface area contributed by atoms with Gasteiger partial charge in [-0.2, -0.15) is 0 Å².